The van der Waals surface area contributed by atoms with E-state index in [1.165, 1.54) is 12.1 Å². The van der Waals surface area contributed by atoms with E-state index in [1.54, 1.807) is 35.4 Å². The molecule has 1 saturated heterocycles. The van der Waals surface area contributed by atoms with Crippen LogP contribution in [0.5, 0.6) is 17.2 Å². The number of piperidine rings is 1. The molecule has 0 spiro atoms. The number of carbonyl (C=O) groups is 1. The SMILES string of the molecule is CC(C)(C)OC(=O)N1CCCCC1COc1cc2nccc(Oc3ccc(N)c(F)c3)c2cc1C#N. The van der Waals surface area contributed by atoms with Crippen LogP contribution in [0.4, 0.5) is 14.9 Å². The molecule has 36 heavy (non-hydrogen) atoms. The molecule has 1 aliphatic heterocycles. The van der Waals surface area contributed by atoms with Crippen molar-refractivity contribution in [2.45, 2.75) is 51.7 Å². The van der Waals surface area contributed by atoms with E-state index < -0.39 is 11.4 Å². The Balaban J connectivity index is 1.56. The zero-order chi connectivity index (χ0) is 25.9. The van der Waals surface area contributed by atoms with Crippen LogP contribution in [0.2, 0.25) is 0 Å². The van der Waals surface area contributed by atoms with Crippen molar-refractivity contribution < 1.29 is 23.4 Å². The number of hydrogen-bond donors (Lipinski definition) is 1. The van der Waals surface area contributed by atoms with Gasteiger partial charge in [-0.25, -0.2) is 9.18 Å². The van der Waals surface area contributed by atoms with Crippen LogP contribution in [0.1, 0.15) is 45.6 Å². The molecule has 2 N–H and O–H groups in total. The highest BCUT2D eigenvalue weighted by molar-refractivity contribution is 5.88. The number of anilines is 1. The Kier molecular flexibility index (Phi) is 7.15. The second-order valence-electron chi connectivity index (χ2n) is 9.71. The maximum absolute atomic E-state index is 13.9. The lowest BCUT2D eigenvalue weighted by molar-refractivity contribution is 0.00360. The monoisotopic (exact) mass is 492 g/mol. The van der Waals surface area contributed by atoms with Gasteiger partial charge in [0.25, 0.3) is 0 Å². The molecule has 0 saturated carbocycles. The van der Waals surface area contributed by atoms with E-state index in [9.17, 15) is 14.4 Å². The van der Waals surface area contributed by atoms with Gasteiger partial charge in [0.1, 0.15) is 41.3 Å². The molecule has 1 aliphatic rings. The molecule has 0 radical (unpaired) electrons. The molecule has 1 fully saturated rings. The number of nitriles is 1. The summed E-state index contributed by atoms with van der Waals surface area (Å²) in [4.78, 5) is 18.8. The van der Waals surface area contributed by atoms with Crippen LogP contribution < -0.4 is 15.2 Å². The Morgan fingerprint density at radius 1 is 1.22 bits per heavy atom. The third-order valence-electron chi connectivity index (χ3n) is 5.81. The number of likely N-dealkylation sites (tertiary alicyclic amines) is 1. The number of halogens is 1. The van der Waals surface area contributed by atoms with E-state index in [0.717, 1.165) is 19.3 Å². The zero-order valence-corrected chi connectivity index (χ0v) is 20.6. The molecule has 9 heteroatoms. The molecule has 1 amide bonds. The van der Waals surface area contributed by atoms with Gasteiger partial charge in [-0.1, -0.05) is 0 Å². The summed E-state index contributed by atoms with van der Waals surface area (Å²) >= 11 is 0. The van der Waals surface area contributed by atoms with Crippen molar-refractivity contribution in [2.24, 2.45) is 0 Å². The van der Waals surface area contributed by atoms with Gasteiger partial charge in [-0.15, -0.1) is 0 Å². The minimum atomic E-state index is -0.587. The van der Waals surface area contributed by atoms with Crippen molar-refractivity contribution in [1.29, 1.82) is 5.26 Å². The molecule has 2 aromatic carbocycles. The van der Waals surface area contributed by atoms with Gasteiger partial charge in [-0.3, -0.25) is 4.98 Å². The predicted molar refractivity (Wildman–Crippen MR) is 133 cm³/mol. The third-order valence-corrected chi connectivity index (χ3v) is 5.81. The molecule has 0 aliphatic carbocycles. The number of ether oxygens (including phenoxy) is 3. The molecular weight excluding hydrogens is 463 g/mol. The summed E-state index contributed by atoms with van der Waals surface area (Å²) in [5.74, 6) is 0.466. The molecule has 8 nitrogen and oxygen atoms in total. The normalized spacial score (nSPS) is 15.9. The van der Waals surface area contributed by atoms with E-state index in [0.29, 0.717) is 34.5 Å². The lowest BCUT2D eigenvalue weighted by Gasteiger charge is -2.36. The smallest absolute Gasteiger partial charge is 0.410 e. The second kappa shape index (κ2) is 10.3. The van der Waals surface area contributed by atoms with Crippen molar-refractivity contribution >= 4 is 22.7 Å². The maximum atomic E-state index is 13.9. The van der Waals surface area contributed by atoms with Crippen LogP contribution in [0.3, 0.4) is 0 Å². The van der Waals surface area contributed by atoms with Crippen molar-refractivity contribution in [2.75, 3.05) is 18.9 Å². The summed E-state index contributed by atoms with van der Waals surface area (Å²) in [7, 11) is 0. The zero-order valence-electron chi connectivity index (χ0n) is 20.6. The Morgan fingerprint density at radius 3 is 2.75 bits per heavy atom. The highest BCUT2D eigenvalue weighted by atomic mass is 19.1. The number of pyridine rings is 1. The lowest BCUT2D eigenvalue weighted by Crippen LogP contribution is -2.48. The maximum Gasteiger partial charge on any atom is 0.410 e. The second-order valence-corrected chi connectivity index (χ2v) is 9.71. The van der Waals surface area contributed by atoms with E-state index in [4.69, 9.17) is 19.9 Å². The fourth-order valence-corrected chi connectivity index (χ4v) is 4.06. The van der Waals surface area contributed by atoms with Crippen LogP contribution in [0.15, 0.2) is 42.6 Å². The average Bonchev–Trinajstić information content (AvgIpc) is 2.83. The summed E-state index contributed by atoms with van der Waals surface area (Å²) < 4.78 is 31.3. The van der Waals surface area contributed by atoms with Crippen molar-refractivity contribution in [3.05, 3.63) is 54.0 Å². The number of rotatable bonds is 5. The molecular formula is C27H29FN4O4. The van der Waals surface area contributed by atoms with Crippen LogP contribution in [-0.4, -0.2) is 40.8 Å². The largest absolute Gasteiger partial charge is 0.490 e. The summed E-state index contributed by atoms with van der Waals surface area (Å²) in [5.41, 5.74) is 5.82. The summed E-state index contributed by atoms with van der Waals surface area (Å²) in [5, 5.41) is 10.4. The molecule has 2 heterocycles. The summed E-state index contributed by atoms with van der Waals surface area (Å²) in [6.07, 6.45) is 3.86. The number of nitrogens with two attached hydrogens (primary N) is 1. The summed E-state index contributed by atoms with van der Waals surface area (Å²) in [6, 6.07) is 11.1. The van der Waals surface area contributed by atoms with Gasteiger partial charge in [0, 0.05) is 30.3 Å². The Bertz CT molecular complexity index is 1320. The molecule has 1 atom stereocenters. The first-order valence-electron chi connectivity index (χ1n) is 11.8. The van der Waals surface area contributed by atoms with E-state index in [-0.39, 0.29) is 30.2 Å². The number of benzene rings is 2. The van der Waals surface area contributed by atoms with Gasteiger partial charge < -0.3 is 24.8 Å². The number of hydrogen-bond acceptors (Lipinski definition) is 7. The van der Waals surface area contributed by atoms with E-state index in [1.807, 2.05) is 20.8 Å². The Labute approximate surface area is 209 Å². The third kappa shape index (κ3) is 5.77. The van der Waals surface area contributed by atoms with Crippen LogP contribution in [-0.2, 0) is 4.74 Å². The molecule has 3 aromatic rings. The molecule has 4 rings (SSSR count). The first-order valence-corrected chi connectivity index (χ1v) is 11.8. The highest BCUT2D eigenvalue weighted by Gasteiger charge is 2.31. The van der Waals surface area contributed by atoms with Gasteiger partial charge in [-0.2, -0.15) is 5.26 Å². The quantitative estimate of drug-likeness (QED) is 0.449. The first-order chi connectivity index (χ1) is 17.1. The van der Waals surface area contributed by atoms with Crippen LogP contribution in [0.25, 0.3) is 10.9 Å². The van der Waals surface area contributed by atoms with Crippen LogP contribution >= 0.6 is 0 Å². The molecule has 1 aromatic heterocycles. The number of nitrogen functional groups attached to an aromatic ring is 1. The number of carbonyl (C=O) groups excluding carboxylic acids is 1. The topological polar surface area (TPSA) is 111 Å². The summed E-state index contributed by atoms with van der Waals surface area (Å²) in [6.45, 7) is 6.33. The van der Waals surface area contributed by atoms with Crippen LogP contribution in [0, 0.1) is 17.1 Å². The first kappa shape index (κ1) is 25.0. The fourth-order valence-electron chi connectivity index (χ4n) is 4.06. The Hall–Kier alpha value is -4.06. The van der Waals surface area contributed by atoms with Gasteiger partial charge in [0.2, 0.25) is 0 Å². The van der Waals surface area contributed by atoms with Gasteiger partial charge >= 0.3 is 6.09 Å². The van der Waals surface area contributed by atoms with E-state index >= 15 is 0 Å². The predicted octanol–water partition coefficient (Wildman–Crippen LogP) is 5.79. The number of amides is 1. The lowest BCUT2D eigenvalue weighted by atomic mass is 10.0. The van der Waals surface area contributed by atoms with Crippen molar-refractivity contribution in [3.8, 4) is 23.3 Å². The minimum absolute atomic E-state index is 0.0266. The average molecular weight is 493 g/mol. The van der Waals surface area contributed by atoms with Gasteiger partial charge in [0.15, 0.2) is 0 Å². The molecule has 188 valence electrons. The van der Waals surface area contributed by atoms with Crippen molar-refractivity contribution in [3.63, 3.8) is 0 Å². The standard InChI is InChI=1S/C27H29FN4O4/c1-27(2,3)36-26(33)32-11-5-4-6-18(32)16-34-25-14-23-20(12-17(25)15-29)24(9-10-31-23)35-19-7-8-22(30)21(28)13-19/h7-10,12-14,18H,4-6,11,16,30H2,1-3H3. The molecule has 0 bridgehead atoms. The fraction of sp³-hybridized carbons (Fsp3) is 0.370. The highest BCUT2D eigenvalue weighted by Crippen LogP contribution is 2.34. The minimum Gasteiger partial charge on any atom is -0.490 e. The number of aromatic nitrogens is 1. The van der Waals surface area contributed by atoms with Gasteiger partial charge in [0.05, 0.1) is 22.8 Å². The van der Waals surface area contributed by atoms with E-state index in [2.05, 4.69) is 11.1 Å². The molecule has 1 unspecified atom stereocenters. The Morgan fingerprint density at radius 2 is 2.03 bits per heavy atom. The number of fused-ring (bicyclic) bond motifs is 1. The van der Waals surface area contributed by atoms with Gasteiger partial charge in [-0.05, 0) is 64.3 Å². The van der Waals surface area contributed by atoms with Crippen molar-refractivity contribution in [1.82, 2.24) is 9.88 Å². The number of nitrogens with zero attached hydrogens (tertiary/aromatic N) is 3.